The van der Waals surface area contributed by atoms with Gasteiger partial charge < -0.3 is 10.2 Å². The molecule has 0 radical (unpaired) electrons. The Balaban J connectivity index is 1.74. The highest BCUT2D eigenvalue weighted by molar-refractivity contribution is 7.09. The number of likely N-dealkylation sites (tertiary alicyclic amines) is 1. The van der Waals surface area contributed by atoms with Crippen LogP contribution in [-0.2, 0) is 17.5 Å². The van der Waals surface area contributed by atoms with E-state index in [4.69, 9.17) is 0 Å². The van der Waals surface area contributed by atoms with Crippen molar-refractivity contribution in [2.24, 2.45) is 0 Å². The van der Waals surface area contributed by atoms with Gasteiger partial charge in [-0.3, -0.25) is 9.59 Å². The molecular formula is C18H18F3N3O2S. The standard InChI is InChI=1S/C18H18F3N3O2S/c1-11-23-12(10-27-11)9-22-16(25)15-7-4-8-24(15)17(26)13-5-2-3-6-14(13)18(19,20)21/h2-3,5-6,10,15H,4,7-9H2,1H3,(H,22,25)/t15-/m1/s1. The first kappa shape index (κ1) is 19.3. The topological polar surface area (TPSA) is 62.3 Å². The minimum atomic E-state index is -4.63. The van der Waals surface area contributed by atoms with Gasteiger partial charge in [0, 0.05) is 11.9 Å². The molecule has 9 heteroatoms. The average Bonchev–Trinajstić information content (AvgIpc) is 3.27. The molecule has 0 saturated carbocycles. The summed E-state index contributed by atoms with van der Waals surface area (Å²) in [5.41, 5.74) is -0.706. The van der Waals surface area contributed by atoms with Gasteiger partial charge in [-0.15, -0.1) is 11.3 Å². The Morgan fingerprint density at radius 1 is 1.33 bits per heavy atom. The fourth-order valence-electron chi connectivity index (χ4n) is 3.14. The van der Waals surface area contributed by atoms with Crippen molar-refractivity contribution in [3.63, 3.8) is 0 Å². The molecule has 2 amide bonds. The van der Waals surface area contributed by atoms with Crippen molar-refractivity contribution in [2.45, 2.75) is 38.5 Å². The second kappa shape index (κ2) is 7.67. The van der Waals surface area contributed by atoms with E-state index in [1.807, 2.05) is 12.3 Å². The Hall–Kier alpha value is -2.42. The molecule has 0 aliphatic carbocycles. The summed E-state index contributed by atoms with van der Waals surface area (Å²) < 4.78 is 39.6. The number of nitrogens with zero attached hydrogens (tertiary/aromatic N) is 2. The lowest BCUT2D eigenvalue weighted by Crippen LogP contribution is -2.46. The minimum absolute atomic E-state index is 0.223. The smallest absolute Gasteiger partial charge is 0.349 e. The maximum atomic E-state index is 13.2. The van der Waals surface area contributed by atoms with E-state index in [1.54, 1.807) is 0 Å². The van der Waals surface area contributed by atoms with Gasteiger partial charge in [0.2, 0.25) is 5.91 Å². The van der Waals surface area contributed by atoms with Crippen molar-refractivity contribution in [3.05, 3.63) is 51.5 Å². The predicted octanol–water partition coefficient (Wildman–Crippen LogP) is 3.39. The van der Waals surface area contributed by atoms with Crippen molar-refractivity contribution in [2.75, 3.05) is 6.54 Å². The molecule has 0 unspecified atom stereocenters. The van der Waals surface area contributed by atoms with Crippen LogP contribution >= 0.6 is 11.3 Å². The molecule has 1 aliphatic heterocycles. The van der Waals surface area contributed by atoms with Crippen LogP contribution in [0.25, 0.3) is 0 Å². The summed E-state index contributed by atoms with van der Waals surface area (Å²) in [6, 6.07) is 3.87. The maximum Gasteiger partial charge on any atom is 0.417 e. The van der Waals surface area contributed by atoms with Crippen molar-refractivity contribution >= 4 is 23.2 Å². The molecule has 27 heavy (non-hydrogen) atoms. The van der Waals surface area contributed by atoms with Crippen LogP contribution < -0.4 is 5.32 Å². The third kappa shape index (κ3) is 4.29. The highest BCUT2D eigenvalue weighted by atomic mass is 32.1. The lowest BCUT2D eigenvalue weighted by Gasteiger charge is -2.25. The van der Waals surface area contributed by atoms with E-state index in [-0.39, 0.29) is 19.0 Å². The summed E-state index contributed by atoms with van der Waals surface area (Å²) in [5.74, 6) is -1.15. The third-order valence-corrected chi connectivity index (χ3v) is 5.21. The molecule has 1 atom stereocenters. The molecule has 2 aromatic rings. The number of aryl methyl sites for hydroxylation is 1. The summed E-state index contributed by atoms with van der Waals surface area (Å²) >= 11 is 1.46. The van der Waals surface area contributed by atoms with E-state index in [2.05, 4.69) is 10.3 Å². The van der Waals surface area contributed by atoms with Gasteiger partial charge in [0.15, 0.2) is 0 Å². The van der Waals surface area contributed by atoms with Crippen molar-refractivity contribution in [1.29, 1.82) is 0 Å². The number of hydrogen-bond acceptors (Lipinski definition) is 4. The molecule has 1 aliphatic rings. The number of halogens is 3. The fourth-order valence-corrected chi connectivity index (χ4v) is 3.75. The number of carbonyl (C=O) groups excluding carboxylic acids is 2. The number of carbonyl (C=O) groups is 2. The normalized spacial score (nSPS) is 17.2. The Morgan fingerprint density at radius 3 is 2.74 bits per heavy atom. The van der Waals surface area contributed by atoms with E-state index in [0.29, 0.717) is 18.5 Å². The highest BCUT2D eigenvalue weighted by Gasteiger charge is 2.39. The molecule has 2 heterocycles. The molecular weight excluding hydrogens is 379 g/mol. The molecule has 1 N–H and O–H groups in total. The number of rotatable bonds is 4. The molecule has 1 aromatic heterocycles. The van der Waals surface area contributed by atoms with Crippen LogP contribution in [-0.4, -0.2) is 34.3 Å². The Morgan fingerprint density at radius 2 is 2.07 bits per heavy atom. The van der Waals surface area contributed by atoms with Crippen molar-refractivity contribution in [1.82, 2.24) is 15.2 Å². The van der Waals surface area contributed by atoms with Crippen LogP contribution in [0.1, 0.15) is 39.5 Å². The number of nitrogens with one attached hydrogen (secondary N) is 1. The maximum absolute atomic E-state index is 13.2. The van der Waals surface area contributed by atoms with Crippen molar-refractivity contribution in [3.8, 4) is 0 Å². The van der Waals surface area contributed by atoms with Gasteiger partial charge in [-0.1, -0.05) is 12.1 Å². The zero-order chi connectivity index (χ0) is 19.6. The van der Waals surface area contributed by atoms with Crippen LogP contribution in [0.4, 0.5) is 13.2 Å². The molecule has 0 bridgehead atoms. The zero-order valence-corrected chi connectivity index (χ0v) is 15.4. The van der Waals surface area contributed by atoms with Crippen molar-refractivity contribution < 1.29 is 22.8 Å². The van der Waals surface area contributed by atoms with Crippen LogP contribution in [0.2, 0.25) is 0 Å². The van der Waals surface area contributed by atoms with Gasteiger partial charge in [-0.2, -0.15) is 13.2 Å². The van der Waals surface area contributed by atoms with Gasteiger partial charge in [0.05, 0.1) is 28.4 Å². The number of hydrogen-bond donors (Lipinski definition) is 1. The van der Waals surface area contributed by atoms with Crippen LogP contribution in [0.5, 0.6) is 0 Å². The Labute approximate surface area is 158 Å². The second-order valence-corrected chi connectivity index (χ2v) is 7.34. The molecule has 144 valence electrons. The second-order valence-electron chi connectivity index (χ2n) is 6.28. The van der Waals surface area contributed by atoms with Gasteiger partial charge in [0.1, 0.15) is 6.04 Å². The van der Waals surface area contributed by atoms with Gasteiger partial charge >= 0.3 is 6.18 Å². The third-order valence-electron chi connectivity index (χ3n) is 4.39. The van der Waals surface area contributed by atoms with Crippen LogP contribution in [0.15, 0.2) is 29.6 Å². The van der Waals surface area contributed by atoms with E-state index >= 15 is 0 Å². The summed E-state index contributed by atoms with van der Waals surface area (Å²) in [4.78, 5) is 30.7. The summed E-state index contributed by atoms with van der Waals surface area (Å²) in [6.07, 6.45) is -3.65. The Kier molecular flexibility index (Phi) is 5.50. The minimum Gasteiger partial charge on any atom is -0.349 e. The molecule has 1 aromatic carbocycles. The monoisotopic (exact) mass is 397 g/mol. The summed E-state index contributed by atoms with van der Waals surface area (Å²) in [6.45, 7) is 2.32. The number of alkyl halides is 3. The lowest BCUT2D eigenvalue weighted by atomic mass is 10.1. The van der Waals surface area contributed by atoms with E-state index < -0.39 is 29.3 Å². The van der Waals surface area contributed by atoms with Gasteiger partial charge in [-0.25, -0.2) is 4.98 Å². The molecule has 0 spiro atoms. The number of amides is 2. The van der Waals surface area contributed by atoms with Gasteiger partial charge in [0.25, 0.3) is 5.91 Å². The predicted molar refractivity (Wildman–Crippen MR) is 94.2 cm³/mol. The first-order valence-corrected chi connectivity index (χ1v) is 9.31. The van der Waals surface area contributed by atoms with Crippen LogP contribution in [0.3, 0.4) is 0 Å². The highest BCUT2D eigenvalue weighted by Crippen LogP contribution is 2.33. The number of thiazole rings is 1. The Bertz CT molecular complexity index is 850. The largest absolute Gasteiger partial charge is 0.417 e. The zero-order valence-electron chi connectivity index (χ0n) is 14.5. The number of benzene rings is 1. The lowest BCUT2D eigenvalue weighted by molar-refractivity contribution is -0.138. The first-order chi connectivity index (χ1) is 12.8. The molecule has 5 nitrogen and oxygen atoms in total. The quantitative estimate of drug-likeness (QED) is 0.860. The molecule has 3 rings (SSSR count). The summed E-state index contributed by atoms with van der Waals surface area (Å²) in [7, 11) is 0. The summed E-state index contributed by atoms with van der Waals surface area (Å²) in [5, 5.41) is 5.43. The first-order valence-electron chi connectivity index (χ1n) is 8.43. The van der Waals surface area contributed by atoms with E-state index in [0.717, 1.165) is 17.1 Å². The molecule has 1 fully saturated rings. The van der Waals surface area contributed by atoms with Gasteiger partial charge in [-0.05, 0) is 31.9 Å². The number of aromatic nitrogens is 1. The van der Waals surface area contributed by atoms with E-state index in [1.165, 1.54) is 28.4 Å². The average molecular weight is 397 g/mol. The SMILES string of the molecule is Cc1nc(CNC(=O)[C@H]2CCCN2C(=O)c2ccccc2C(F)(F)F)cs1. The van der Waals surface area contributed by atoms with Crippen LogP contribution in [0, 0.1) is 6.92 Å². The molecule has 1 saturated heterocycles. The fraction of sp³-hybridized carbons (Fsp3) is 0.389. The van der Waals surface area contributed by atoms with E-state index in [9.17, 15) is 22.8 Å².